The molecular weight excluding hydrogens is 377 g/mol. The number of benzene rings is 4. The molecule has 0 radical (unpaired) electrons. The van der Waals surface area contributed by atoms with Crippen LogP contribution in [0.25, 0.3) is 0 Å². The molecule has 3 heteroatoms. The Hall–Kier alpha value is -2.67. The van der Waals surface area contributed by atoms with E-state index in [-0.39, 0.29) is 0 Å². The van der Waals surface area contributed by atoms with Gasteiger partial charge in [0, 0.05) is 18.3 Å². The molecular formula is C25H22NPS. The average Bonchev–Trinajstić information content (AvgIpc) is 2.79. The summed E-state index contributed by atoms with van der Waals surface area (Å²) in [6, 6.07) is 38.1. The first-order valence-corrected chi connectivity index (χ1v) is 12.2. The summed E-state index contributed by atoms with van der Waals surface area (Å²) in [6.07, 6.45) is 0. The van der Waals surface area contributed by atoms with Gasteiger partial charge in [0.15, 0.2) is 0 Å². The molecule has 138 valence electrons. The van der Waals surface area contributed by atoms with Gasteiger partial charge in [0.25, 0.3) is 0 Å². The number of hydrogen-bond donors (Lipinski definition) is 1. The summed E-state index contributed by atoms with van der Waals surface area (Å²) in [5.74, 6) is 0. The zero-order chi connectivity index (χ0) is 19.2. The minimum absolute atomic E-state index is 0.811. The minimum Gasteiger partial charge on any atom is -0.381 e. The van der Waals surface area contributed by atoms with Crippen LogP contribution in [0.4, 0.5) is 5.69 Å². The van der Waals surface area contributed by atoms with Crippen molar-refractivity contribution >= 4 is 39.4 Å². The van der Waals surface area contributed by atoms with Crippen molar-refractivity contribution in [1.82, 2.24) is 0 Å². The number of rotatable bonds is 6. The quantitative estimate of drug-likeness (QED) is 0.455. The molecule has 0 unspecified atom stereocenters. The standard InChI is InChI=1S/C25H22NPS/c28-27(23-12-6-2-7-13-23,24-14-8-3-9-15-24)25-18-16-22(17-19-25)26-20-21-10-4-1-5-11-21/h1-19,26H,20H2. The SMILES string of the molecule is S=P(c1ccccc1)(c1ccccc1)c1ccc(NCc2ccccc2)cc1. The van der Waals surface area contributed by atoms with Gasteiger partial charge in [-0.05, 0) is 33.6 Å². The normalized spacial score (nSPS) is 11.1. The zero-order valence-electron chi connectivity index (χ0n) is 15.5. The Morgan fingerprint density at radius 2 is 0.964 bits per heavy atom. The maximum absolute atomic E-state index is 6.38. The van der Waals surface area contributed by atoms with Gasteiger partial charge in [-0.15, -0.1) is 0 Å². The van der Waals surface area contributed by atoms with Crippen LogP contribution in [-0.2, 0) is 18.4 Å². The zero-order valence-corrected chi connectivity index (χ0v) is 17.2. The lowest BCUT2D eigenvalue weighted by molar-refractivity contribution is 1.15. The van der Waals surface area contributed by atoms with Crippen molar-refractivity contribution in [3.63, 3.8) is 0 Å². The third-order valence-corrected chi connectivity index (χ3v) is 9.78. The molecule has 0 spiro atoms. The van der Waals surface area contributed by atoms with E-state index in [2.05, 4.69) is 102 Å². The van der Waals surface area contributed by atoms with Gasteiger partial charge < -0.3 is 5.32 Å². The highest BCUT2D eigenvalue weighted by atomic mass is 32.4. The third kappa shape index (κ3) is 3.94. The molecule has 0 aliphatic rings. The molecule has 0 aliphatic heterocycles. The highest BCUT2D eigenvalue weighted by molar-refractivity contribution is 8.25. The molecule has 28 heavy (non-hydrogen) atoms. The van der Waals surface area contributed by atoms with Gasteiger partial charge in [0.05, 0.1) is 0 Å². The lowest BCUT2D eigenvalue weighted by Gasteiger charge is -2.24. The first-order valence-electron chi connectivity index (χ1n) is 9.36. The average molecular weight is 399 g/mol. The minimum atomic E-state index is -2.07. The smallest absolute Gasteiger partial charge is 0.0400 e. The van der Waals surface area contributed by atoms with Crippen LogP contribution in [0, 0.1) is 0 Å². The lowest BCUT2D eigenvalue weighted by Crippen LogP contribution is -2.24. The molecule has 0 heterocycles. The van der Waals surface area contributed by atoms with Crippen LogP contribution in [0.3, 0.4) is 0 Å². The van der Waals surface area contributed by atoms with Crippen LogP contribution in [-0.4, -0.2) is 0 Å². The second-order valence-electron chi connectivity index (χ2n) is 6.67. The Balaban J connectivity index is 1.65. The molecule has 4 aromatic rings. The molecule has 0 amide bonds. The van der Waals surface area contributed by atoms with Crippen molar-refractivity contribution in [2.45, 2.75) is 6.54 Å². The Morgan fingerprint density at radius 1 is 0.536 bits per heavy atom. The van der Waals surface area contributed by atoms with Crippen LogP contribution in [0.1, 0.15) is 5.56 Å². The molecule has 0 fully saturated rings. The van der Waals surface area contributed by atoms with E-state index in [4.69, 9.17) is 11.8 Å². The van der Waals surface area contributed by atoms with E-state index < -0.39 is 6.04 Å². The predicted octanol–water partition coefficient (Wildman–Crippen LogP) is 5.05. The van der Waals surface area contributed by atoms with Crippen molar-refractivity contribution in [3.05, 3.63) is 121 Å². The van der Waals surface area contributed by atoms with Crippen molar-refractivity contribution in [1.29, 1.82) is 0 Å². The summed E-state index contributed by atoms with van der Waals surface area (Å²) in [6.45, 7) is 0.811. The van der Waals surface area contributed by atoms with Crippen molar-refractivity contribution in [2.24, 2.45) is 0 Å². The van der Waals surface area contributed by atoms with Crippen molar-refractivity contribution in [2.75, 3.05) is 5.32 Å². The first-order chi connectivity index (χ1) is 13.8. The molecule has 4 rings (SSSR count). The van der Waals surface area contributed by atoms with Gasteiger partial charge >= 0.3 is 0 Å². The predicted molar refractivity (Wildman–Crippen MR) is 126 cm³/mol. The molecule has 1 N–H and O–H groups in total. The van der Waals surface area contributed by atoms with Crippen molar-refractivity contribution in [3.8, 4) is 0 Å². The fourth-order valence-electron chi connectivity index (χ4n) is 3.31. The Kier molecular flexibility index (Phi) is 5.71. The van der Waals surface area contributed by atoms with Gasteiger partial charge in [-0.2, -0.15) is 0 Å². The number of hydrogen-bond acceptors (Lipinski definition) is 2. The maximum Gasteiger partial charge on any atom is 0.0400 e. The van der Waals surface area contributed by atoms with Crippen molar-refractivity contribution < 1.29 is 0 Å². The van der Waals surface area contributed by atoms with Crippen LogP contribution in [0.2, 0.25) is 0 Å². The van der Waals surface area contributed by atoms with Gasteiger partial charge in [0.1, 0.15) is 0 Å². The molecule has 1 nitrogen and oxygen atoms in total. The summed E-state index contributed by atoms with van der Waals surface area (Å²) in [5.41, 5.74) is 2.38. The van der Waals surface area contributed by atoms with Crippen LogP contribution >= 0.6 is 6.04 Å². The van der Waals surface area contributed by atoms with Gasteiger partial charge in [0.2, 0.25) is 0 Å². The van der Waals surface area contributed by atoms with E-state index in [1.54, 1.807) is 0 Å². The Bertz CT molecular complexity index is 1020. The molecule has 0 bridgehead atoms. The summed E-state index contributed by atoms with van der Waals surface area (Å²) >= 11 is 6.38. The lowest BCUT2D eigenvalue weighted by atomic mass is 10.2. The molecule has 0 aliphatic carbocycles. The second-order valence-corrected chi connectivity index (χ2v) is 11.1. The summed E-state index contributed by atoms with van der Waals surface area (Å²) < 4.78 is 0. The number of nitrogens with one attached hydrogen (secondary N) is 1. The fourth-order valence-corrected chi connectivity index (χ4v) is 7.06. The summed E-state index contributed by atoms with van der Waals surface area (Å²) in [4.78, 5) is 0. The topological polar surface area (TPSA) is 12.0 Å². The van der Waals surface area contributed by atoms with Crippen LogP contribution < -0.4 is 21.2 Å². The summed E-state index contributed by atoms with van der Waals surface area (Å²) in [5, 5.41) is 7.16. The third-order valence-electron chi connectivity index (χ3n) is 4.81. The Labute approximate surface area is 172 Å². The second kappa shape index (κ2) is 8.56. The highest BCUT2D eigenvalue weighted by Gasteiger charge is 2.24. The van der Waals surface area contributed by atoms with E-state index in [1.807, 2.05) is 18.2 Å². The number of anilines is 1. The van der Waals surface area contributed by atoms with E-state index in [9.17, 15) is 0 Å². The monoisotopic (exact) mass is 399 g/mol. The van der Waals surface area contributed by atoms with Gasteiger partial charge in [-0.1, -0.05) is 115 Å². The highest BCUT2D eigenvalue weighted by Crippen LogP contribution is 2.42. The molecule has 0 saturated heterocycles. The molecule has 0 aromatic heterocycles. The van der Waals surface area contributed by atoms with Crippen LogP contribution in [0.15, 0.2) is 115 Å². The Morgan fingerprint density at radius 3 is 1.46 bits per heavy atom. The van der Waals surface area contributed by atoms with E-state index in [0.717, 1.165) is 12.2 Å². The fraction of sp³-hybridized carbons (Fsp3) is 0.0400. The molecule has 4 aromatic carbocycles. The van der Waals surface area contributed by atoms with Gasteiger partial charge in [-0.25, -0.2) is 0 Å². The molecule has 0 atom stereocenters. The summed E-state index contributed by atoms with van der Waals surface area (Å²) in [7, 11) is 0. The van der Waals surface area contributed by atoms with Crippen LogP contribution in [0.5, 0.6) is 0 Å². The van der Waals surface area contributed by atoms with Gasteiger partial charge in [-0.3, -0.25) is 0 Å². The maximum atomic E-state index is 6.38. The largest absolute Gasteiger partial charge is 0.381 e. The molecule has 0 saturated carbocycles. The van der Waals surface area contributed by atoms with E-state index in [0.29, 0.717) is 0 Å². The van der Waals surface area contributed by atoms with E-state index >= 15 is 0 Å². The van der Waals surface area contributed by atoms with E-state index in [1.165, 1.54) is 21.5 Å². The first kappa shape index (κ1) is 18.7.